The van der Waals surface area contributed by atoms with Crippen molar-refractivity contribution in [2.75, 3.05) is 10.6 Å². The van der Waals surface area contributed by atoms with Gasteiger partial charge in [-0.05, 0) is 64.8 Å². The number of hydrogen-bond acceptors (Lipinski definition) is 7. The van der Waals surface area contributed by atoms with Crippen molar-refractivity contribution in [3.63, 3.8) is 0 Å². The van der Waals surface area contributed by atoms with Gasteiger partial charge in [-0.3, -0.25) is 4.68 Å². The zero-order valence-electron chi connectivity index (χ0n) is 21.8. The Balaban J connectivity index is 1.85. The Morgan fingerprint density at radius 1 is 1.22 bits per heavy atom. The zero-order valence-corrected chi connectivity index (χ0v) is 21.8. The van der Waals surface area contributed by atoms with Gasteiger partial charge in [0.1, 0.15) is 11.7 Å². The number of alkyl carbamates (subject to hydrolysis) is 1. The van der Waals surface area contributed by atoms with Gasteiger partial charge in [0.05, 0.1) is 17.3 Å². The number of amides is 1. The molecule has 9 nitrogen and oxygen atoms in total. The first-order valence-corrected chi connectivity index (χ1v) is 12.0. The van der Waals surface area contributed by atoms with Gasteiger partial charge in [-0.1, -0.05) is 13.8 Å². The van der Waals surface area contributed by atoms with Gasteiger partial charge in [0, 0.05) is 29.7 Å². The van der Waals surface area contributed by atoms with E-state index in [4.69, 9.17) is 4.74 Å². The first-order valence-electron chi connectivity index (χ1n) is 12.0. The van der Waals surface area contributed by atoms with E-state index in [0.29, 0.717) is 5.69 Å². The Labute approximate surface area is 211 Å². The Morgan fingerprint density at radius 2 is 1.94 bits per heavy atom. The number of carbonyl (C=O) groups is 1. The van der Waals surface area contributed by atoms with Crippen LogP contribution in [0, 0.1) is 23.1 Å². The molecule has 0 spiro atoms. The van der Waals surface area contributed by atoms with E-state index in [9.17, 15) is 14.4 Å². The molecule has 3 aromatic rings. The molecule has 3 rings (SSSR count). The number of anilines is 3. The highest BCUT2D eigenvalue weighted by molar-refractivity contribution is 5.83. The average molecular weight is 496 g/mol. The molecule has 0 bridgehead atoms. The maximum absolute atomic E-state index is 15.0. The van der Waals surface area contributed by atoms with Crippen molar-refractivity contribution in [1.82, 2.24) is 20.1 Å². The number of nitrogens with zero attached hydrogens (tertiary/aromatic N) is 4. The second-order valence-corrected chi connectivity index (χ2v) is 10.0. The maximum atomic E-state index is 15.0. The summed E-state index contributed by atoms with van der Waals surface area (Å²) in [5, 5.41) is 23.9. The molecule has 1 aromatic carbocycles. The lowest BCUT2D eigenvalue weighted by atomic mass is 9.97. The normalized spacial score (nSPS) is 13.2. The largest absolute Gasteiger partial charge is 0.444 e. The highest BCUT2D eigenvalue weighted by Gasteiger charge is 2.26. The molecule has 0 aliphatic carbocycles. The number of hydrogen-bond donors (Lipinski definition) is 3. The third kappa shape index (κ3) is 6.42. The number of halogens is 1. The molecule has 2 heterocycles. The van der Waals surface area contributed by atoms with Gasteiger partial charge >= 0.3 is 6.09 Å². The number of benzene rings is 1. The first-order chi connectivity index (χ1) is 16.9. The number of fused-ring (bicyclic) bond motifs is 1. The molecule has 2 aromatic heterocycles. The quantitative estimate of drug-likeness (QED) is 0.375. The molecule has 0 unspecified atom stereocenters. The van der Waals surface area contributed by atoms with E-state index in [1.165, 1.54) is 0 Å². The van der Waals surface area contributed by atoms with E-state index in [-0.39, 0.29) is 29.2 Å². The second-order valence-electron chi connectivity index (χ2n) is 10.0. The summed E-state index contributed by atoms with van der Waals surface area (Å²) in [6, 6.07) is 8.08. The van der Waals surface area contributed by atoms with Crippen molar-refractivity contribution >= 4 is 34.3 Å². The molecule has 0 aliphatic heterocycles. The second kappa shape index (κ2) is 10.8. The maximum Gasteiger partial charge on any atom is 0.407 e. The average Bonchev–Trinajstić information content (AvgIpc) is 3.19. The lowest BCUT2D eigenvalue weighted by Gasteiger charge is -2.31. The Hall–Kier alpha value is -3.87. The molecule has 0 saturated carbocycles. The Kier molecular flexibility index (Phi) is 8.03. The number of rotatable bonds is 8. The van der Waals surface area contributed by atoms with Crippen molar-refractivity contribution in [2.45, 2.75) is 72.7 Å². The fourth-order valence-corrected chi connectivity index (χ4v) is 3.93. The Bertz CT molecular complexity index is 1270. The summed E-state index contributed by atoms with van der Waals surface area (Å²) in [5.74, 6) is -0.445. The van der Waals surface area contributed by atoms with Crippen molar-refractivity contribution in [1.29, 1.82) is 5.26 Å². The topological polar surface area (TPSA) is 117 Å². The molecule has 3 N–H and O–H groups in total. The predicted molar refractivity (Wildman–Crippen MR) is 139 cm³/mol. The summed E-state index contributed by atoms with van der Waals surface area (Å²) in [6.45, 7) is 13.8. The van der Waals surface area contributed by atoms with Gasteiger partial charge in [-0.2, -0.15) is 10.4 Å². The fourth-order valence-electron chi connectivity index (χ4n) is 3.93. The molecule has 1 amide bonds. The van der Waals surface area contributed by atoms with Crippen LogP contribution >= 0.6 is 0 Å². The lowest BCUT2D eigenvalue weighted by molar-refractivity contribution is 0.0500. The number of nitrogens with one attached hydrogen (secondary N) is 3. The van der Waals surface area contributed by atoms with Crippen LogP contribution in [0.4, 0.5) is 26.5 Å². The van der Waals surface area contributed by atoms with Crippen molar-refractivity contribution in [3.8, 4) is 6.07 Å². The van der Waals surface area contributed by atoms with Crippen molar-refractivity contribution in [3.05, 3.63) is 41.8 Å². The standard InChI is InChI=1S/C26H34FN7O2/c1-8-34-21-10-9-19(11-18(21)14-29-34)31-23-17(13-28)12-20(27)24(33-23)32-22(15(2)3)16(4)30-25(35)36-26(5,6)7/h9-12,14-16,22H,8H2,1-7H3,(H,30,35)(H2,31,32,33)/t16-,22+/m0/s1. The minimum absolute atomic E-state index is 0.0145. The summed E-state index contributed by atoms with van der Waals surface area (Å²) in [7, 11) is 0. The van der Waals surface area contributed by atoms with Crippen LogP contribution in [0.5, 0.6) is 0 Å². The molecule has 2 atom stereocenters. The molecule has 36 heavy (non-hydrogen) atoms. The van der Waals surface area contributed by atoms with Crippen molar-refractivity contribution < 1.29 is 13.9 Å². The van der Waals surface area contributed by atoms with Gasteiger partial charge in [0.15, 0.2) is 17.5 Å². The van der Waals surface area contributed by atoms with Gasteiger partial charge in [0.25, 0.3) is 0 Å². The number of pyridine rings is 1. The molecule has 10 heteroatoms. The SMILES string of the molecule is CCn1ncc2cc(Nc3nc(N[C@H](C(C)C)[C@H](C)NC(=O)OC(C)(C)C)c(F)cc3C#N)ccc21. The lowest BCUT2D eigenvalue weighted by Crippen LogP contribution is -2.49. The third-order valence-electron chi connectivity index (χ3n) is 5.61. The number of nitriles is 1. The zero-order chi connectivity index (χ0) is 26.6. The van der Waals surface area contributed by atoms with Crippen LogP contribution in [0.1, 0.15) is 54.0 Å². The summed E-state index contributed by atoms with van der Waals surface area (Å²) < 4.78 is 22.2. The molecular weight excluding hydrogens is 461 g/mol. The minimum Gasteiger partial charge on any atom is -0.444 e. The van der Waals surface area contributed by atoms with E-state index in [1.807, 2.05) is 56.6 Å². The molecular formula is C26H34FN7O2. The molecule has 0 aliphatic rings. The van der Waals surface area contributed by atoms with Crippen LogP contribution in [0.3, 0.4) is 0 Å². The van der Waals surface area contributed by atoms with E-state index in [1.54, 1.807) is 27.0 Å². The molecule has 192 valence electrons. The van der Waals surface area contributed by atoms with Crippen LogP contribution in [0.15, 0.2) is 30.5 Å². The number of carbonyl (C=O) groups excluding carboxylic acids is 1. The highest BCUT2D eigenvalue weighted by Crippen LogP contribution is 2.27. The number of aryl methyl sites for hydroxylation is 1. The van der Waals surface area contributed by atoms with Gasteiger partial charge in [0.2, 0.25) is 0 Å². The van der Waals surface area contributed by atoms with E-state index in [2.05, 4.69) is 26.0 Å². The third-order valence-corrected chi connectivity index (χ3v) is 5.61. The fraction of sp³-hybridized carbons (Fsp3) is 0.462. The Morgan fingerprint density at radius 3 is 2.56 bits per heavy atom. The number of aromatic nitrogens is 3. The van der Waals surface area contributed by atoms with Gasteiger partial charge < -0.3 is 20.7 Å². The summed E-state index contributed by atoms with van der Waals surface area (Å²) in [5.41, 5.74) is 1.12. The highest BCUT2D eigenvalue weighted by atomic mass is 19.1. The first kappa shape index (κ1) is 26.7. The monoisotopic (exact) mass is 495 g/mol. The van der Waals surface area contributed by atoms with E-state index < -0.39 is 23.6 Å². The van der Waals surface area contributed by atoms with Crippen molar-refractivity contribution in [2.24, 2.45) is 5.92 Å². The van der Waals surface area contributed by atoms with Crippen LogP contribution < -0.4 is 16.0 Å². The van der Waals surface area contributed by atoms with Gasteiger partial charge in [-0.25, -0.2) is 14.2 Å². The van der Waals surface area contributed by atoms with Gasteiger partial charge in [-0.15, -0.1) is 0 Å². The molecule has 0 saturated heterocycles. The van der Waals surface area contributed by atoms with E-state index in [0.717, 1.165) is 23.5 Å². The van der Waals surface area contributed by atoms with E-state index >= 15 is 0 Å². The minimum atomic E-state index is -0.660. The summed E-state index contributed by atoms with van der Waals surface area (Å²) >= 11 is 0. The van der Waals surface area contributed by atoms with Crippen LogP contribution in [0.2, 0.25) is 0 Å². The van der Waals surface area contributed by atoms with Crippen LogP contribution in [-0.4, -0.2) is 38.5 Å². The van der Waals surface area contributed by atoms with Crippen LogP contribution in [0.25, 0.3) is 10.9 Å². The smallest absolute Gasteiger partial charge is 0.407 e. The summed E-state index contributed by atoms with van der Waals surface area (Å²) in [4.78, 5) is 16.7. The summed E-state index contributed by atoms with van der Waals surface area (Å²) in [6.07, 6.45) is 1.21. The van der Waals surface area contributed by atoms with Crippen LogP contribution in [-0.2, 0) is 11.3 Å². The molecule has 0 fully saturated rings. The number of ether oxygens (including phenoxy) is 1. The molecule has 0 radical (unpaired) electrons. The predicted octanol–water partition coefficient (Wildman–Crippen LogP) is 5.56.